The number of para-hydroxylation sites is 1. The summed E-state index contributed by atoms with van der Waals surface area (Å²) in [7, 11) is -3.59. The average molecular weight is 442 g/mol. The highest BCUT2D eigenvalue weighted by Gasteiger charge is 2.21. The number of sulfonamides is 1. The molecule has 2 aromatic carbocycles. The Balaban J connectivity index is 1.40. The van der Waals surface area contributed by atoms with Crippen LogP contribution in [0.1, 0.15) is 16.8 Å². The molecule has 1 fully saturated rings. The van der Waals surface area contributed by atoms with Crippen LogP contribution in [0.2, 0.25) is 0 Å². The predicted octanol–water partition coefficient (Wildman–Crippen LogP) is 3.90. The van der Waals surface area contributed by atoms with E-state index in [0.717, 1.165) is 30.8 Å². The minimum absolute atomic E-state index is 0.0300. The lowest BCUT2D eigenvalue weighted by atomic mass is 10.2. The Kier molecular flexibility index (Phi) is 6.06. The molecule has 1 aliphatic heterocycles. The lowest BCUT2D eigenvalue weighted by molar-refractivity contribution is 0.0767. The fraction of sp³-hybridized carbons (Fsp3) is 0.227. The van der Waals surface area contributed by atoms with Crippen LogP contribution in [0.25, 0.3) is 0 Å². The normalized spacial score (nSPS) is 14.9. The quantitative estimate of drug-likeness (QED) is 0.652. The lowest BCUT2D eigenvalue weighted by Gasteiger charge is -2.23. The van der Waals surface area contributed by atoms with Crippen LogP contribution < -0.4 is 9.62 Å². The summed E-state index contributed by atoms with van der Waals surface area (Å²) < 4.78 is 27.5. The van der Waals surface area contributed by atoms with Gasteiger partial charge in [0.25, 0.3) is 15.9 Å². The molecule has 156 valence electrons. The number of thiophene rings is 1. The van der Waals surface area contributed by atoms with Gasteiger partial charge in [0.15, 0.2) is 0 Å². The van der Waals surface area contributed by atoms with E-state index in [4.69, 9.17) is 0 Å². The second-order valence-corrected chi connectivity index (χ2v) is 9.94. The number of nitrogens with zero attached hydrogens (tertiary/aromatic N) is 2. The van der Waals surface area contributed by atoms with Gasteiger partial charge in [-0.15, -0.1) is 11.3 Å². The first kappa shape index (κ1) is 20.4. The van der Waals surface area contributed by atoms with E-state index >= 15 is 0 Å². The molecular formula is C22H23N3O3S2. The number of carbonyl (C=O) groups excluding carboxylic acids is 1. The lowest BCUT2D eigenvalue weighted by Crippen LogP contribution is -2.35. The number of anilines is 2. The first-order valence-electron chi connectivity index (χ1n) is 9.79. The van der Waals surface area contributed by atoms with Crippen molar-refractivity contribution in [3.05, 3.63) is 77.7 Å². The molecule has 1 N–H and O–H groups in total. The monoisotopic (exact) mass is 441 g/mol. The molecular weight excluding hydrogens is 418 g/mol. The van der Waals surface area contributed by atoms with Crippen molar-refractivity contribution < 1.29 is 13.2 Å². The number of benzene rings is 2. The standard InChI is InChI=1S/C22H23N3O3S2/c26-22(25-14-5-13-24(15-16-25)20-6-2-1-3-7-20)18-9-11-19(12-10-18)23-30(27,28)21-8-4-17-29-21/h1-4,6-12,17,23H,5,13-16H2. The fourth-order valence-electron chi connectivity index (χ4n) is 3.50. The minimum atomic E-state index is -3.59. The van der Waals surface area contributed by atoms with E-state index in [-0.39, 0.29) is 10.1 Å². The summed E-state index contributed by atoms with van der Waals surface area (Å²) in [5.74, 6) is -0.0300. The Hall–Kier alpha value is -2.84. The van der Waals surface area contributed by atoms with E-state index in [1.54, 1.807) is 41.8 Å². The number of hydrogen-bond donors (Lipinski definition) is 1. The molecule has 3 aromatic rings. The highest BCUT2D eigenvalue weighted by molar-refractivity contribution is 7.94. The largest absolute Gasteiger partial charge is 0.370 e. The number of hydrogen-bond acceptors (Lipinski definition) is 5. The zero-order valence-corrected chi connectivity index (χ0v) is 18.0. The van der Waals surface area contributed by atoms with E-state index < -0.39 is 10.0 Å². The van der Waals surface area contributed by atoms with Crippen molar-refractivity contribution in [3.8, 4) is 0 Å². The first-order valence-corrected chi connectivity index (χ1v) is 12.1. The van der Waals surface area contributed by atoms with E-state index in [1.807, 2.05) is 23.1 Å². The summed E-state index contributed by atoms with van der Waals surface area (Å²) in [6.45, 7) is 3.06. The van der Waals surface area contributed by atoms with Gasteiger partial charge in [-0.05, 0) is 54.3 Å². The van der Waals surface area contributed by atoms with Crippen LogP contribution in [0.4, 0.5) is 11.4 Å². The fourth-order valence-corrected chi connectivity index (χ4v) is 5.55. The summed E-state index contributed by atoms with van der Waals surface area (Å²) in [5.41, 5.74) is 2.17. The van der Waals surface area contributed by atoms with E-state index in [0.29, 0.717) is 24.3 Å². The van der Waals surface area contributed by atoms with Gasteiger partial charge in [-0.2, -0.15) is 0 Å². The maximum Gasteiger partial charge on any atom is 0.271 e. The average Bonchev–Trinajstić information content (AvgIpc) is 3.21. The molecule has 0 spiro atoms. The maximum absolute atomic E-state index is 12.9. The van der Waals surface area contributed by atoms with Gasteiger partial charge in [0, 0.05) is 43.1 Å². The zero-order chi connectivity index (χ0) is 21.0. The topological polar surface area (TPSA) is 69.7 Å². The molecule has 8 heteroatoms. The van der Waals surface area contributed by atoms with Crippen molar-refractivity contribution in [3.63, 3.8) is 0 Å². The zero-order valence-electron chi connectivity index (χ0n) is 16.4. The number of rotatable bonds is 5. The van der Waals surface area contributed by atoms with Gasteiger partial charge in [-0.3, -0.25) is 9.52 Å². The van der Waals surface area contributed by atoms with Crippen molar-refractivity contribution in [2.75, 3.05) is 35.8 Å². The third-order valence-electron chi connectivity index (χ3n) is 5.05. The number of amides is 1. The van der Waals surface area contributed by atoms with Crippen LogP contribution in [0, 0.1) is 0 Å². The Bertz CT molecular complexity index is 1080. The summed E-state index contributed by atoms with van der Waals surface area (Å²) in [6.07, 6.45) is 0.902. The van der Waals surface area contributed by atoms with Gasteiger partial charge in [0.05, 0.1) is 0 Å². The molecule has 6 nitrogen and oxygen atoms in total. The highest BCUT2D eigenvalue weighted by Crippen LogP contribution is 2.21. The molecule has 1 aromatic heterocycles. The smallest absolute Gasteiger partial charge is 0.271 e. The Morgan fingerprint density at radius 1 is 0.867 bits per heavy atom. The van der Waals surface area contributed by atoms with Crippen LogP contribution in [0.5, 0.6) is 0 Å². The van der Waals surface area contributed by atoms with Crippen molar-refractivity contribution in [2.45, 2.75) is 10.6 Å². The maximum atomic E-state index is 12.9. The molecule has 1 amide bonds. The Morgan fingerprint density at radius 2 is 1.63 bits per heavy atom. The molecule has 1 aliphatic rings. The molecule has 0 radical (unpaired) electrons. The van der Waals surface area contributed by atoms with Crippen molar-refractivity contribution in [1.29, 1.82) is 0 Å². The Labute approximate surface area is 180 Å². The summed E-state index contributed by atoms with van der Waals surface area (Å²) in [5, 5.41) is 1.72. The van der Waals surface area contributed by atoms with E-state index in [2.05, 4.69) is 21.8 Å². The van der Waals surface area contributed by atoms with Crippen LogP contribution in [-0.4, -0.2) is 45.4 Å². The minimum Gasteiger partial charge on any atom is -0.370 e. The van der Waals surface area contributed by atoms with E-state index in [1.165, 1.54) is 5.69 Å². The van der Waals surface area contributed by atoms with Gasteiger partial charge in [-0.1, -0.05) is 24.3 Å². The molecule has 4 rings (SSSR count). The van der Waals surface area contributed by atoms with Gasteiger partial charge in [0.1, 0.15) is 4.21 Å². The first-order chi connectivity index (χ1) is 14.5. The molecule has 0 unspecified atom stereocenters. The second kappa shape index (κ2) is 8.89. The van der Waals surface area contributed by atoms with Crippen molar-refractivity contribution >= 4 is 38.6 Å². The Morgan fingerprint density at radius 3 is 2.33 bits per heavy atom. The van der Waals surface area contributed by atoms with Crippen molar-refractivity contribution in [2.24, 2.45) is 0 Å². The third kappa shape index (κ3) is 4.66. The molecule has 0 bridgehead atoms. The van der Waals surface area contributed by atoms with Gasteiger partial charge < -0.3 is 9.80 Å². The molecule has 0 saturated carbocycles. The third-order valence-corrected chi connectivity index (χ3v) is 7.83. The molecule has 2 heterocycles. The number of nitrogens with one attached hydrogen (secondary N) is 1. The predicted molar refractivity (Wildman–Crippen MR) is 121 cm³/mol. The summed E-state index contributed by atoms with van der Waals surface area (Å²) in [6, 6.07) is 20.1. The molecule has 1 saturated heterocycles. The highest BCUT2D eigenvalue weighted by atomic mass is 32.2. The SMILES string of the molecule is O=C(c1ccc(NS(=O)(=O)c2cccs2)cc1)N1CCCN(c2ccccc2)CC1. The van der Waals surface area contributed by atoms with Crippen LogP contribution in [0.15, 0.2) is 76.3 Å². The van der Waals surface area contributed by atoms with Gasteiger partial charge in [0.2, 0.25) is 0 Å². The van der Waals surface area contributed by atoms with Crippen LogP contribution in [-0.2, 0) is 10.0 Å². The number of carbonyl (C=O) groups is 1. The molecule has 0 aliphatic carbocycles. The summed E-state index contributed by atoms with van der Waals surface area (Å²) >= 11 is 1.16. The summed E-state index contributed by atoms with van der Waals surface area (Å²) in [4.78, 5) is 17.1. The molecule has 30 heavy (non-hydrogen) atoms. The van der Waals surface area contributed by atoms with Gasteiger partial charge in [-0.25, -0.2) is 8.42 Å². The second-order valence-electron chi connectivity index (χ2n) is 7.08. The van der Waals surface area contributed by atoms with Crippen LogP contribution in [0.3, 0.4) is 0 Å². The molecule has 0 atom stereocenters. The van der Waals surface area contributed by atoms with E-state index in [9.17, 15) is 13.2 Å². The van der Waals surface area contributed by atoms with Gasteiger partial charge >= 0.3 is 0 Å². The van der Waals surface area contributed by atoms with Crippen LogP contribution >= 0.6 is 11.3 Å². The van der Waals surface area contributed by atoms with Crippen molar-refractivity contribution in [1.82, 2.24) is 4.90 Å².